The van der Waals surface area contributed by atoms with Crippen LogP contribution in [0, 0.1) is 0 Å². The highest BCUT2D eigenvalue weighted by atomic mass is 32.1. The lowest BCUT2D eigenvalue weighted by Crippen LogP contribution is -1.80. The van der Waals surface area contributed by atoms with Crippen molar-refractivity contribution in [3.05, 3.63) is 116 Å². The topological polar surface area (TPSA) is 0 Å². The van der Waals surface area contributed by atoms with E-state index in [-0.39, 0.29) is 0 Å². The van der Waals surface area contributed by atoms with Crippen molar-refractivity contribution in [2.75, 3.05) is 0 Å². The van der Waals surface area contributed by atoms with Crippen molar-refractivity contribution in [3.8, 4) is 20.9 Å². The van der Waals surface area contributed by atoms with Crippen LogP contribution < -0.4 is 0 Å². The van der Waals surface area contributed by atoms with Crippen LogP contribution in [-0.4, -0.2) is 0 Å². The molecule has 0 bridgehead atoms. The van der Waals surface area contributed by atoms with E-state index in [0.29, 0.717) is 0 Å². The van der Waals surface area contributed by atoms with E-state index in [0.717, 1.165) is 0 Å². The van der Waals surface area contributed by atoms with Crippen molar-refractivity contribution in [2.24, 2.45) is 0 Å². The summed E-state index contributed by atoms with van der Waals surface area (Å²) in [7, 11) is 0. The minimum atomic E-state index is 1.21. The van der Waals surface area contributed by atoms with Gasteiger partial charge >= 0.3 is 0 Å². The molecule has 0 spiro atoms. The molecule has 0 aliphatic heterocycles. The van der Waals surface area contributed by atoms with Gasteiger partial charge in [0.15, 0.2) is 0 Å². The zero-order chi connectivity index (χ0) is 29.7. The van der Waals surface area contributed by atoms with Crippen LogP contribution in [0.5, 0.6) is 0 Å². The predicted molar refractivity (Wildman–Crippen MR) is 197 cm³/mol. The third-order valence-electron chi connectivity index (χ3n) is 7.79. The number of unbranched alkanes of at least 4 members (excludes halogenated alkanes) is 6. The number of hydrogen-bond donors (Lipinski definition) is 0. The highest BCUT2D eigenvalue weighted by Gasteiger charge is 2.05. The molecule has 0 saturated carbocycles. The molecule has 3 heteroatoms. The summed E-state index contributed by atoms with van der Waals surface area (Å²) in [6.45, 7) is 4.55. The summed E-state index contributed by atoms with van der Waals surface area (Å²) in [5.74, 6) is 0. The summed E-state index contributed by atoms with van der Waals surface area (Å²) in [4.78, 5) is 8.31. The van der Waals surface area contributed by atoms with Crippen LogP contribution in [0.15, 0.2) is 84.9 Å². The largest absolute Gasteiger partial charge is 0.140 e. The molecule has 5 aromatic rings. The van der Waals surface area contributed by atoms with E-state index >= 15 is 0 Å². The zero-order valence-corrected chi connectivity index (χ0v) is 28.1. The Bertz CT molecular complexity index is 1450. The van der Waals surface area contributed by atoms with Crippen LogP contribution >= 0.6 is 34.0 Å². The molecule has 0 amide bonds. The highest BCUT2D eigenvalue weighted by molar-refractivity contribution is 7.15. The Balaban J connectivity index is 1.11. The van der Waals surface area contributed by atoms with Crippen molar-refractivity contribution in [1.82, 2.24) is 0 Å². The number of aryl methyl sites for hydroxylation is 2. The average molecular weight is 621 g/mol. The molecule has 3 heterocycles. The lowest BCUT2D eigenvalue weighted by molar-refractivity contribution is 0.670. The van der Waals surface area contributed by atoms with E-state index < -0.39 is 0 Å². The summed E-state index contributed by atoms with van der Waals surface area (Å²) < 4.78 is 0. The first-order valence-corrected chi connectivity index (χ1v) is 18.5. The van der Waals surface area contributed by atoms with Gasteiger partial charge in [-0.1, -0.05) is 113 Å². The first-order chi connectivity index (χ1) is 21.2. The first-order valence-electron chi connectivity index (χ1n) is 16.0. The molecule has 43 heavy (non-hydrogen) atoms. The smallest absolute Gasteiger partial charge is 0.0345 e. The maximum absolute atomic E-state index is 2.31. The van der Waals surface area contributed by atoms with E-state index in [2.05, 4.69) is 123 Å². The van der Waals surface area contributed by atoms with Crippen molar-refractivity contribution in [1.29, 1.82) is 0 Å². The van der Waals surface area contributed by atoms with Gasteiger partial charge in [-0.3, -0.25) is 0 Å². The summed E-state index contributed by atoms with van der Waals surface area (Å²) in [5.41, 5.74) is 5.10. The Labute approximate surface area is 271 Å². The summed E-state index contributed by atoms with van der Waals surface area (Å²) in [6.07, 6.45) is 21.9. The molecular formula is C40H44S3. The van der Waals surface area contributed by atoms with Gasteiger partial charge in [0.2, 0.25) is 0 Å². The van der Waals surface area contributed by atoms with Gasteiger partial charge < -0.3 is 0 Å². The molecule has 0 saturated heterocycles. The van der Waals surface area contributed by atoms with E-state index in [9.17, 15) is 0 Å². The summed E-state index contributed by atoms with van der Waals surface area (Å²) in [6, 6.07) is 31.6. The molecule has 0 radical (unpaired) electrons. The molecule has 0 aliphatic carbocycles. The van der Waals surface area contributed by atoms with Crippen LogP contribution in [0.4, 0.5) is 0 Å². The van der Waals surface area contributed by atoms with E-state index in [1.165, 1.54) is 116 Å². The second-order valence-corrected chi connectivity index (χ2v) is 14.8. The number of rotatable bonds is 16. The molecule has 3 aromatic heterocycles. The van der Waals surface area contributed by atoms with E-state index in [1.807, 2.05) is 34.0 Å². The van der Waals surface area contributed by atoms with Gasteiger partial charge in [0.25, 0.3) is 0 Å². The van der Waals surface area contributed by atoms with Crippen LogP contribution in [0.1, 0.15) is 95.8 Å². The van der Waals surface area contributed by atoms with Crippen molar-refractivity contribution < 1.29 is 0 Å². The van der Waals surface area contributed by atoms with Crippen molar-refractivity contribution in [2.45, 2.75) is 78.1 Å². The maximum Gasteiger partial charge on any atom is 0.0345 e. The molecule has 5 rings (SSSR count). The second-order valence-electron chi connectivity index (χ2n) is 11.3. The summed E-state index contributed by atoms with van der Waals surface area (Å²) >= 11 is 5.72. The predicted octanol–water partition coefficient (Wildman–Crippen LogP) is 13.8. The standard InChI is InChI=1S/C40H44S3/c1-3-5-7-9-11-35-27-29-39(42-35)33-19-13-31(14-20-33)17-23-37-25-26-38(41-37)24-18-32-15-21-34(22-16-32)40-30-28-36(43-40)12-10-8-6-4-2/h13-30H,3-12H2,1-2H3/b23-17+,24-18+. The van der Waals surface area contributed by atoms with Gasteiger partial charge in [-0.25, -0.2) is 0 Å². The Kier molecular flexibility index (Phi) is 12.3. The molecule has 0 atom stereocenters. The Morgan fingerprint density at radius 3 is 1.28 bits per heavy atom. The third-order valence-corrected chi connectivity index (χ3v) is 11.2. The Hall–Kier alpha value is -2.98. The number of benzene rings is 2. The van der Waals surface area contributed by atoms with Crippen molar-refractivity contribution in [3.63, 3.8) is 0 Å². The quantitative estimate of drug-likeness (QED) is 0.0963. The first kappa shape index (κ1) is 31.4. The molecule has 0 N–H and O–H groups in total. The zero-order valence-electron chi connectivity index (χ0n) is 25.7. The highest BCUT2D eigenvalue weighted by Crippen LogP contribution is 2.31. The van der Waals surface area contributed by atoms with Gasteiger partial charge in [-0.05, 0) is 96.5 Å². The normalized spacial score (nSPS) is 11.8. The van der Waals surface area contributed by atoms with Gasteiger partial charge in [0.1, 0.15) is 0 Å². The van der Waals surface area contributed by atoms with Crippen LogP contribution in [0.2, 0.25) is 0 Å². The second kappa shape index (κ2) is 16.8. The number of thiophene rings is 3. The molecule has 0 nitrogen and oxygen atoms in total. The Morgan fingerprint density at radius 2 is 0.860 bits per heavy atom. The molecule has 0 aliphatic rings. The fourth-order valence-corrected chi connectivity index (χ4v) is 8.13. The van der Waals surface area contributed by atoms with Gasteiger partial charge in [-0.2, -0.15) is 0 Å². The van der Waals surface area contributed by atoms with Crippen LogP contribution in [0.25, 0.3) is 45.2 Å². The van der Waals surface area contributed by atoms with Crippen LogP contribution in [0.3, 0.4) is 0 Å². The lowest BCUT2D eigenvalue weighted by atomic mass is 10.1. The lowest BCUT2D eigenvalue weighted by Gasteiger charge is -2.00. The third kappa shape index (κ3) is 9.76. The van der Waals surface area contributed by atoms with Gasteiger partial charge in [0, 0.05) is 29.3 Å². The molecule has 222 valence electrons. The Morgan fingerprint density at radius 1 is 0.419 bits per heavy atom. The van der Waals surface area contributed by atoms with Gasteiger partial charge in [0.05, 0.1) is 0 Å². The molecule has 0 fully saturated rings. The maximum atomic E-state index is 2.31. The molecule has 2 aromatic carbocycles. The number of hydrogen-bond acceptors (Lipinski definition) is 3. The fourth-order valence-electron chi connectivity index (χ4n) is 5.21. The molecule has 0 unspecified atom stereocenters. The average Bonchev–Trinajstić information content (AvgIpc) is 3.82. The summed E-state index contributed by atoms with van der Waals surface area (Å²) in [5, 5.41) is 0. The SMILES string of the molecule is CCCCCCc1ccc(-c2ccc(/C=C/c3ccc(/C=C/c4ccc(-c5ccc(CCCCCC)s5)cc4)s3)cc2)s1. The minimum Gasteiger partial charge on any atom is -0.140 e. The van der Waals surface area contributed by atoms with Gasteiger partial charge in [-0.15, -0.1) is 34.0 Å². The fraction of sp³-hybridized carbons (Fsp3) is 0.300. The molecular weight excluding hydrogens is 577 g/mol. The monoisotopic (exact) mass is 620 g/mol. The van der Waals surface area contributed by atoms with E-state index in [1.54, 1.807) is 0 Å². The van der Waals surface area contributed by atoms with E-state index in [4.69, 9.17) is 0 Å². The van der Waals surface area contributed by atoms with Crippen molar-refractivity contribution >= 4 is 58.3 Å². The minimum absolute atomic E-state index is 1.21. The van der Waals surface area contributed by atoms with Crippen LogP contribution in [-0.2, 0) is 12.8 Å².